The largest absolute Gasteiger partial charge is 0.391 e. The topological polar surface area (TPSA) is 93.2 Å². The first-order chi connectivity index (χ1) is 11.1. The van der Waals surface area contributed by atoms with Gasteiger partial charge in [0, 0.05) is 32.0 Å². The summed E-state index contributed by atoms with van der Waals surface area (Å²) < 4.78 is 2.10. The SMILES string of the molecule is Cl.Cl.Cn1c(CCCNC(=O)[C@H]2C[C@@H](N)[C@H](O)C2)nc2ccccc21. The average molecular weight is 389 g/mol. The van der Waals surface area contributed by atoms with Gasteiger partial charge in [0.25, 0.3) is 0 Å². The first-order valence-electron chi connectivity index (χ1n) is 8.18. The summed E-state index contributed by atoms with van der Waals surface area (Å²) in [6, 6.07) is 7.79. The summed E-state index contributed by atoms with van der Waals surface area (Å²) in [5.74, 6) is 0.872. The number of hydrogen-bond acceptors (Lipinski definition) is 4. The van der Waals surface area contributed by atoms with Crippen LogP contribution in [0, 0.1) is 5.92 Å². The van der Waals surface area contributed by atoms with Crippen molar-refractivity contribution in [3.05, 3.63) is 30.1 Å². The first kappa shape index (κ1) is 21.7. The number of carbonyl (C=O) groups excluding carboxylic acids is 1. The lowest BCUT2D eigenvalue weighted by molar-refractivity contribution is -0.125. The van der Waals surface area contributed by atoms with Crippen LogP contribution in [0.5, 0.6) is 0 Å². The van der Waals surface area contributed by atoms with E-state index in [0.29, 0.717) is 19.4 Å². The van der Waals surface area contributed by atoms with Crippen LogP contribution in [-0.2, 0) is 18.3 Å². The van der Waals surface area contributed by atoms with Crippen molar-refractivity contribution in [3.63, 3.8) is 0 Å². The van der Waals surface area contributed by atoms with Crippen LogP contribution in [0.4, 0.5) is 0 Å². The minimum atomic E-state index is -0.550. The van der Waals surface area contributed by atoms with Crippen molar-refractivity contribution < 1.29 is 9.90 Å². The second-order valence-corrected chi connectivity index (χ2v) is 6.37. The fourth-order valence-electron chi connectivity index (χ4n) is 3.28. The minimum Gasteiger partial charge on any atom is -0.391 e. The maximum atomic E-state index is 12.1. The van der Waals surface area contributed by atoms with Gasteiger partial charge in [0.15, 0.2) is 0 Å². The highest BCUT2D eigenvalue weighted by Crippen LogP contribution is 2.24. The summed E-state index contributed by atoms with van der Waals surface area (Å²) in [5.41, 5.74) is 7.88. The first-order valence-corrected chi connectivity index (χ1v) is 8.18. The van der Waals surface area contributed by atoms with Gasteiger partial charge in [0.2, 0.25) is 5.91 Å². The highest BCUT2D eigenvalue weighted by Gasteiger charge is 2.34. The lowest BCUT2D eigenvalue weighted by Gasteiger charge is -2.10. The molecule has 2 aromatic rings. The van der Waals surface area contributed by atoms with E-state index in [9.17, 15) is 9.90 Å². The van der Waals surface area contributed by atoms with Gasteiger partial charge >= 0.3 is 0 Å². The molecule has 0 bridgehead atoms. The zero-order valence-electron chi connectivity index (χ0n) is 14.2. The maximum Gasteiger partial charge on any atom is 0.223 e. The molecule has 1 saturated carbocycles. The third kappa shape index (κ3) is 4.85. The number of para-hydroxylation sites is 2. The van der Waals surface area contributed by atoms with Crippen LogP contribution in [-0.4, -0.2) is 39.3 Å². The molecule has 0 unspecified atom stereocenters. The summed E-state index contributed by atoms with van der Waals surface area (Å²) in [6.45, 7) is 0.615. The van der Waals surface area contributed by atoms with E-state index in [0.717, 1.165) is 29.7 Å². The maximum absolute atomic E-state index is 12.1. The number of carbonyl (C=O) groups is 1. The van der Waals surface area contributed by atoms with Crippen LogP contribution >= 0.6 is 24.8 Å². The smallest absolute Gasteiger partial charge is 0.223 e. The third-order valence-corrected chi connectivity index (χ3v) is 4.70. The average Bonchev–Trinajstić information content (AvgIpc) is 3.05. The van der Waals surface area contributed by atoms with E-state index in [4.69, 9.17) is 5.73 Å². The number of imidazole rings is 1. The molecule has 0 radical (unpaired) electrons. The number of amides is 1. The molecule has 4 N–H and O–H groups in total. The van der Waals surface area contributed by atoms with Gasteiger partial charge in [-0.25, -0.2) is 4.98 Å². The Morgan fingerprint density at radius 1 is 1.36 bits per heavy atom. The lowest BCUT2D eigenvalue weighted by Crippen LogP contribution is -2.31. The van der Waals surface area contributed by atoms with E-state index in [1.165, 1.54) is 0 Å². The number of halogens is 2. The Bertz CT molecular complexity index is 697. The number of fused-ring (bicyclic) bond motifs is 1. The molecule has 0 saturated heterocycles. The zero-order valence-corrected chi connectivity index (χ0v) is 15.9. The van der Waals surface area contributed by atoms with E-state index in [1.54, 1.807) is 0 Å². The Labute approximate surface area is 160 Å². The number of aryl methyl sites for hydroxylation is 2. The van der Waals surface area contributed by atoms with Crippen molar-refractivity contribution in [1.29, 1.82) is 0 Å². The quantitative estimate of drug-likeness (QED) is 0.677. The number of aliphatic hydroxyl groups is 1. The molecule has 25 heavy (non-hydrogen) atoms. The van der Waals surface area contributed by atoms with Gasteiger partial charge in [0.05, 0.1) is 17.1 Å². The number of aromatic nitrogens is 2. The summed E-state index contributed by atoms with van der Waals surface area (Å²) >= 11 is 0. The standard InChI is InChI=1S/C17H24N4O2.2ClH/c1-21-14-6-3-2-5-13(14)20-16(21)7-4-8-19-17(23)11-9-12(18)15(22)10-11;;/h2-3,5-6,11-12,15,22H,4,7-10,18H2,1H3,(H,19,23);2*1H/t11-,12+,15+;;/m0../s1. The predicted molar refractivity (Wildman–Crippen MR) is 103 cm³/mol. The van der Waals surface area contributed by atoms with Gasteiger partial charge in [0.1, 0.15) is 5.82 Å². The fourth-order valence-corrected chi connectivity index (χ4v) is 3.28. The summed E-state index contributed by atoms with van der Waals surface area (Å²) in [7, 11) is 2.02. The van der Waals surface area contributed by atoms with Crippen molar-refractivity contribution in [2.75, 3.05) is 6.54 Å². The molecule has 1 aliphatic carbocycles. The molecule has 140 valence electrons. The van der Waals surface area contributed by atoms with Gasteiger partial charge in [-0.15, -0.1) is 24.8 Å². The molecule has 3 rings (SSSR count). The molecular formula is C17H26Cl2N4O2. The molecule has 1 heterocycles. The number of nitrogens with two attached hydrogens (primary N) is 1. The summed E-state index contributed by atoms with van der Waals surface area (Å²) in [4.78, 5) is 16.7. The molecular weight excluding hydrogens is 363 g/mol. The Morgan fingerprint density at radius 3 is 2.72 bits per heavy atom. The molecule has 0 aliphatic heterocycles. The van der Waals surface area contributed by atoms with E-state index >= 15 is 0 Å². The Kier molecular flexibility index (Phi) is 8.15. The highest BCUT2D eigenvalue weighted by molar-refractivity contribution is 5.85. The van der Waals surface area contributed by atoms with Gasteiger partial charge in [-0.2, -0.15) is 0 Å². The Morgan fingerprint density at radius 2 is 2.08 bits per heavy atom. The van der Waals surface area contributed by atoms with Crippen molar-refractivity contribution in [3.8, 4) is 0 Å². The molecule has 0 spiro atoms. The van der Waals surface area contributed by atoms with Gasteiger partial charge in [-0.1, -0.05) is 12.1 Å². The molecule has 1 fully saturated rings. The number of nitrogens with zero attached hydrogens (tertiary/aromatic N) is 2. The number of benzene rings is 1. The van der Waals surface area contributed by atoms with Gasteiger partial charge < -0.3 is 20.7 Å². The Balaban J connectivity index is 0.00000156. The van der Waals surface area contributed by atoms with E-state index < -0.39 is 6.10 Å². The van der Waals surface area contributed by atoms with Crippen LogP contribution in [0.2, 0.25) is 0 Å². The lowest BCUT2D eigenvalue weighted by atomic mass is 10.1. The Hall–Kier alpha value is -1.34. The summed E-state index contributed by atoms with van der Waals surface area (Å²) in [5, 5.41) is 12.6. The van der Waals surface area contributed by atoms with Gasteiger partial charge in [-0.3, -0.25) is 4.79 Å². The third-order valence-electron chi connectivity index (χ3n) is 4.70. The van der Waals surface area contributed by atoms with Crippen LogP contribution in [0.15, 0.2) is 24.3 Å². The number of hydrogen-bond donors (Lipinski definition) is 3. The molecule has 1 amide bonds. The van der Waals surface area contributed by atoms with Crippen molar-refractivity contribution in [2.24, 2.45) is 18.7 Å². The highest BCUT2D eigenvalue weighted by atomic mass is 35.5. The predicted octanol–water partition coefficient (Wildman–Crippen LogP) is 1.56. The molecule has 6 nitrogen and oxygen atoms in total. The van der Waals surface area contributed by atoms with Crippen LogP contribution in [0.3, 0.4) is 0 Å². The van der Waals surface area contributed by atoms with E-state index in [-0.39, 0.29) is 42.7 Å². The monoisotopic (exact) mass is 388 g/mol. The second-order valence-electron chi connectivity index (χ2n) is 6.37. The zero-order chi connectivity index (χ0) is 16.4. The minimum absolute atomic E-state index is 0. The van der Waals surface area contributed by atoms with Crippen LogP contribution in [0.1, 0.15) is 25.1 Å². The molecule has 3 atom stereocenters. The molecule has 1 aromatic heterocycles. The van der Waals surface area contributed by atoms with Crippen molar-refractivity contribution in [2.45, 2.75) is 37.8 Å². The molecule has 1 aliphatic rings. The van der Waals surface area contributed by atoms with E-state index in [2.05, 4.69) is 20.9 Å². The van der Waals surface area contributed by atoms with E-state index in [1.807, 2.05) is 25.2 Å². The molecule has 8 heteroatoms. The summed E-state index contributed by atoms with van der Waals surface area (Å²) in [6.07, 6.45) is 2.14. The van der Waals surface area contributed by atoms with Crippen LogP contribution < -0.4 is 11.1 Å². The second kappa shape index (κ2) is 9.38. The van der Waals surface area contributed by atoms with Crippen molar-refractivity contribution in [1.82, 2.24) is 14.9 Å². The normalized spacial score (nSPS) is 22.3. The molecule has 1 aromatic carbocycles. The number of nitrogens with one attached hydrogen (secondary N) is 1. The van der Waals surface area contributed by atoms with Crippen molar-refractivity contribution >= 4 is 41.8 Å². The number of aliphatic hydroxyl groups excluding tert-OH is 1. The number of rotatable bonds is 5. The fraction of sp³-hybridized carbons (Fsp3) is 0.529. The van der Waals surface area contributed by atoms with Crippen LogP contribution in [0.25, 0.3) is 11.0 Å². The van der Waals surface area contributed by atoms with Gasteiger partial charge in [-0.05, 0) is 31.4 Å².